The molecule has 3 rings (SSSR count). The quantitative estimate of drug-likeness (QED) is 0.844. The molecule has 0 bridgehead atoms. The van der Waals surface area contributed by atoms with Crippen LogP contribution in [-0.2, 0) is 6.54 Å². The number of amides is 1. The highest BCUT2D eigenvalue weighted by Gasteiger charge is 2.10. The van der Waals surface area contributed by atoms with Crippen LogP contribution in [0.15, 0.2) is 53.0 Å². The molecule has 1 heterocycles. The van der Waals surface area contributed by atoms with E-state index >= 15 is 0 Å². The van der Waals surface area contributed by atoms with Gasteiger partial charge in [-0.2, -0.15) is 0 Å². The van der Waals surface area contributed by atoms with Crippen LogP contribution in [0.5, 0.6) is 0 Å². The van der Waals surface area contributed by atoms with Gasteiger partial charge in [0.2, 0.25) is 0 Å². The molecule has 2 aromatic rings. The van der Waals surface area contributed by atoms with Gasteiger partial charge in [-0.05, 0) is 67.9 Å². The Hall–Kier alpha value is -1.65. The van der Waals surface area contributed by atoms with Gasteiger partial charge in [0.25, 0.3) is 5.91 Å². The molecule has 2 aromatic carbocycles. The monoisotopic (exact) mass is 372 g/mol. The van der Waals surface area contributed by atoms with Crippen molar-refractivity contribution in [2.45, 2.75) is 25.8 Å². The number of carbonyl (C=O) groups is 1. The summed E-state index contributed by atoms with van der Waals surface area (Å²) < 4.78 is 0.969. The van der Waals surface area contributed by atoms with E-state index in [1.807, 2.05) is 36.4 Å². The summed E-state index contributed by atoms with van der Waals surface area (Å²) in [5.41, 5.74) is 2.79. The van der Waals surface area contributed by atoms with Crippen molar-refractivity contribution in [1.29, 1.82) is 0 Å². The number of nitrogens with zero attached hydrogens (tertiary/aromatic N) is 1. The highest BCUT2D eigenvalue weighted by molar-refractivity contribution is 9.10. The molecule has 0 radical (unpaired) electrons. The molecule has 0 aliphatic carbocycles. The van der Waals surface area contributed by atoms with E-state index in [1.54, 1.807) is 0 Å². The molecule has 0 atom stereocenters. The molecule has 0 saturated carbocycles. The summed E-state index contributed by atoms with van der Waals surface area (Å²) in [4.78, 5) is 14.7. The maximum absolute atomic E-state index is 12.2. The van der Waals surface area contributed by atoms with E-state index < -0.39 is 0 Å². The molecule has 1 amide bonds. The summed E-state index contributed by atoms with van der Waals surface area (Å²) in [6.45, 7) is 3.39. The largest absolute Gasteiger partial charge is 0.322 e. The van der Waals surface area contributed by atoms with Gasteiger partial charge in [0.15, 0.2) is 0 Å². The van der Waals surface area contributed by atoms with Gasteiger partial charge in [-0.15, -0.1) is 0 Å². The Kier molecular flexibility index (Phi) is 5.47. The van der Waals surface area contributed by atoms with E-state index in [4.69, 9.17) is 0 Å². The summed E-state index contributed by atoms with van der Waals surface area (Å²) in [5.74, 6) is -0.0821. The molecule has 23 heavy (non-hydrogen) atoms. The zero-order valence-electron chi connectivity index (χ0n) is 13.1. The Bertz CT molecular complexity index is 646. The van der Waals surface area contributed by atoms with Crippen molar-refractivity contribution in [2.75, 3.05) is 18.4 Å². The van der Waals surface area contributed by atoms with Crippen molar-refractivity contribution in [3.63, 3.8) is 0 Å². The minimum Gasteiger partial charge on any atom is -0.322 e. The fourth-order valence-corrected chi connectivity index (χ4v) is 3.14. The number of nitrogens with one attached hydrogen (secondary N) is 1. The van der Waals surface area contributed by atoms with Gasteiger partial charge in [0, 0.05) is 22.3 Å². The van der Waals surface area contributed by atoms with Crippen LogP contribution in [0.25, 0.3) is 0 Å². The molecule has 1 saturated heterocycles. The first-order valence-electron chi connectivity index (χ1n) is 8.09. The zero-order chi connectivity index (χ0) is 16.1. The van der Waals surface area contributed by atoms with Crippen LogP contribution in [0.1, 0.15) is 35.2 Å². The predicted molar refractivity (Wildman–Crippen MR) is 97.7 cm³/mol. The van der Waals surface area contributed by atoms with Gasteiger partial charge in [-0.1, -0.05) is 34.5 Å². The molecule has 1 aliphatic rings. The first-order chi connectivity index (χ1) is 11.2. The molecule has 0 spiro atoms. The molecule has 0 aromatic heterocycles. The lowest BCUT2D eigenvalue weighted by Crippen LogP contribution is -2.29. The average Bonchev–Trinajstić information content (AvgIpc) is 2.58. The Morgan fingerprint density at radius 1 is 0.957 bits per heavy atom. The average molecular weight is 373 g/mol. The number of piperidine rings is 1. The van der Waals surface area contributed by atoms with E-state index in [-0.39, 0.29) is 5.91 Å². The SMILES string of the molecule is O=C(Nc1ccc(CN2CCCCC2)cc1)c1ccc(Br)cc1. The number of halogens is 1. The molecule has 1 N–H and O–H groups in total. The van der Waals surface area contributed by atoms with E-state index in [1.165, 1.54) is 37.9 Å². The molecular weight excluding hydrogens is 352 g/mol. The number of hydrogen-bond donors (Lipinski definition) is 1. The van der Waals surface area contributed by atoms with Gasteiger partial charge in [-0.25, -0.2) is 0 Å². The Labute approximate surface area is 145 Å². The molecule has 4 heteroatoms. The molecule has 1 aliphatic heterocycles. The lowest BCUT2D eigenvalue weighted by atomic mass is 10.1. The van der Waals surface area contributed by atoms with Crippen molar-refractivity contribution in [1.82, 2.24) is 4.90 Å². The lowest BCUT2D eigenvalue weighted by Gasteiger charge is -2.26. The third-order valence-electron chi connectivity index (χ3n) is 4.17. The maximum atomic E-state index is 12.2. The van der Waals surface area contributed by atoms with Crippen LogP contribution in [0.3, 0.4) is 0 Å². The first-order valence-corrected chi connectivity index (χ1v) is 8.88. The second-order valence-electron chi connectivity index (χ2n) is 5.99. The van der Waals surface area contributed by atoms with Gasteiger partial charge >= 0.3 is 0 Å². The van der Waals surface area contributed by atoms with Crippen LogP contribution in [0, 0.1) is 0 Å². The summed E-state index contributed by atoms with van der Waals surface area (Å²) >= 11 is 3.37. The number of benzene rings is 2. The third kappa shape index (κ3) is 4.66. The second kappa shape index (κ2) is 7.75. The van der Waals surface area contributed by atoms with Crippen molar-refractivity contribution in [2.24, 2.45) is 0 Å². The van der Waals surface area contributed by atoms with Gasteiger partial charge < -0.3 is 5.32 Å². The van der Waals surface area contributed by atoms with Crippen LogP contribution >= 0.6 is 15.9 Å². The van der Waals surface area contributed by atoms with Gasteiger partial charge in [0.05, 0.1) is 0 Å². The van der Waals surface area contributed by atoms with Crippen molar-refractivity contribution in [3.8, 4) is 0 Å². The highest BCUT2D eigenvalue weighted by atomic mass is 79.9. The summed E-state index contributed by atoms with van der Waals surface area (Å²) in [7, 11) is 0. The topological polar surface area (TPSA) is 32.3 Å². The number of likely N-dealkylation sites (tertiary alicyclic amines) is 1. The smallest absolute Gasteiger partial charge is 0.255 e. The molecule has 120 valence electrons. The standard InChI is InChI=1S/C19H21BrN2O/c20-17-8-6-16(7-9-17)19(23)21-18-10-4-15(5-11-18)14-22-12-2-1-3-13-22/h4-11H,1-3,12-14H2,(H,21,23). The van der Waals surface area contributed by atoms with Crippen molar-refractivity contribution in [3.05, 3.63) is 64.1 Å². The molecule has 0 unspecified atom stereocenters. The van der Waals surface area contributed by atoms with Crippen molar-refractivity contribution >= 4 is 27.5 Å². The van der Waals surface area contributed by atoms with Crippen LogP contribution in [-0.4, -0.2) is 23.9 Å². The zero-order valence-corrected chi connectivity index (χ0v) is 14.7. The number of anilines is 1. The third-order valence-corrected chi connectivity index (χ3v) is 4.70. The summed E-state index contributed by atoms with van der Waals surface area (Å²) in [5, 5.41) is 2.94. The summed E-state index contributed by atoms with van der Waals surface area (Å²) in [6, 6.07) is 15.5. The fraction of sp³-hybridized carbons (Fsp3) is 0.316. The minimum atomic E-state index is -0.0821. The number of hydrogen-bond acceptors (Lipinski definition) is 2. The van der Waals surface area contributed by atoms with Crippen LogP contribution < -0.4 is 5.32 Å². The summed E-state index contributed by atoms with van der Waals surface area (Å²) in [6.07, 6.45) is 3.97. The molecule has 3 nitrogen and oxygen atoms in total. The first kappa shape index (κ1) is 16.2. The number of rotatable bonds is 4. The van der Waals surface area contributed by atoms with Crippen LogP contribution in [0.4, 0.5) is 5.69 Å². The second-order valence-corrected chi connectivity index (χ2v) is 6.91. The lowest BCUT2D eigenvalue weighted by molar-refractivity contribution is 0.102. The normalized spacial score (nSPS) is 15.3. The van der Waals surface area contributed by atoms with E-state index in [2.05, 4.69) is 38.3 Å². The van der Waals surface area contributed by atoms with Crippen molar-refractivity contribution < 1.29 is 4.79 Å². The maximum Gasteiger partial charge on any atom is 0.255 e. The minimum absolute atomic E-state index is 0.0821. The van der Waals surface area contributed by atoms with Gasteiger partial charge in [-0.3, -0.25) is 9.69 Å². The molecular formula is C19H21BrN2O. The predicted octanol–water partition coefficient (Wildman–Crippen LogP) is 4.69. The Morgan fingerprint density at radius 2 is 1.61 bits per heavy atom. The van der Waals surface area contributed by atoms with E-state index in [0.29, 0.717) is 5.56 Å². The van der Waals surface area contributed by atoms with Gasteiger partial charge in [0.1, 0.15) is 0 Å². The van der Waals surface area contributed by atoms with E-state index in [0.717, 1.165) is 16.7 Å². The number of carbonyl (C=O) groups excluding carboxylic acids is 1. The molecule has 1 fully saturated rings. The Balaban J connectivity index is 1.58. The Morgan fingerprint density at radius 3 is 2.26 bits per heavy atom. The van der Waals surface area contributed by atoms with Crippen LogP contribution in [0.2, 0.25) is 0 Å². The van der Waals surface area contributed by atoms with E-state index in [9.17, 15) is 4.79 Å². The highest BCUT2D eigenvalue weighted by Crippen LogP contribution is 2.16. The fourth-order valence-electron chi connectivity index (χ4n) is 2.87.